The molecule has 0 saturated carbocycles. The van der Waals surface area contributed by atoms with Crippen molar-refractivity contribution in [1.29, 1.82) is 0 Å². The smallest absolute Gasteiger partial charge is 0.327 e. The molecule has 6 heteroatoms. The first-order valence-electron chi connectivity index (χ1n) is 4.30. The van der Waals surface area contributed by atoms with Crippen molar-refractivity contribution in [1.82, 2.24) is 5.32 Å². The average Bonchev–Trinajstić information content (AvgIpc) is 2.24. The van der Waals surface area contributed by atoms with Gasteiger partial charge in [0.25, 0.3) is 0 Å². The molecule has 1 aromatic rings. The lowest BCUT2D eigenvalue weighted by Crippen LogP contribution is -2.26. The van der Waals surface area contributed by atoms with Gasteiger partial charge in [-0.3, -0.25) is 0 Å². The zero-order valence-corrected chi connectivity index (χ0v) is 10.4. The number of rotatable bonds is 3. The Bertz CT molecular complexity index is 374. The number of esters is 1. The number of carbonyl (C=O) groups excluding carboxylic acids is 1. The number of halogens is 3. The first-order valence-corrected chi connectivity index (χ1v) is 4.68. The quantitative estimate of drug-likeness (QED) is 0.855. The van der Waals surface area contributed by atoms with Crippen LogP contribution in [-0.4, -0.2) is 20.1 Å². The largest absolute Gasteiger partial charge is 0.468 e. The fourth-order valence-corrected chi connectivity index (χ4v) is 1.42. The van der Waals surface area contributed by atoms with Gasteiger partial charge in [-0.2, -0.15) is 0 Å². The predicted octanol–water partition coefficient (Wildman–Crippen LogP) is 2.33. The topological polar surface area (TPSA) is 38.3 Å². The van der Waals surface area contributed by atoms with Gasteiger partial charge >= 0.3 is 5.97 Å². The highest BCUT2D eigenvalue weighted by Gasteiger charge is 2.19. The average molecular weight is 268 g/mol. The number of hydrogen-bond donors (Lipinski definition) is 1. The molecule has 0 aromatic heterocycles. The molecule has 0 amide bonds. The maximum absolute atomic E-state index is 12.9. The Morgan fingerprint density at radius 2 is 2.19 bits per heavy atom. The minimum absolute atomic E-state index is 0. The lowest BCUT2D eigenvalue weighted by molar-refractivity contribution is -0.143. The van der Waals surface area contributed by atoms with E-state index in [1.54, 1.807) is 7.05 Å². The number of ether oxygens (including phenoxy) is 1. The summed E-state index contributed by atoms with van der Waals surface area (Å²) in [6, 6.07) is 3.47. The molecule has 1 rings (SSSR count). The molecule has 3 nitrogen and oxygen atoms in total. The maximum Gasteiger partial charge on any atom is 0.327 e. The minimum Gasteiger partial charge on any atom is -0.468 e. The summed E-state index contributed by atoms with van der Waals surface area (Å²) >= 11 is 5.61. The van der Waals surface area contributed by atoms with Crippen LogP contribution in [0.2, 0.25) is 5.02 Å². The van der Waals surface area contributed by atoms with Crippen LogP contribution in [0.15, 0.2) is 18.2 Å². The van der Waals surface area contributed by atoms with Crippen LogP contribution < -0.4 is 5.32 Å². The summed E-state index contributed by atoms with van der Waals surface area (Å²) in [5.74, 6) is -0.958. The summed E-state index contributed by atoms with van der Waals surface area (Å²) < 4.78 is 17.5. The molecule has 0 heterocycles. The highest BCUT2D eigenvalue weighted by Crippen LogP contribution is 2.21. The maximum atomic E-state index is 12.9. The van der Waals surface area contributed by atoms with Gasteiger partial charge in [0.1, 0.15) is 11.9 Å². The number of hydrogen-bond acceptors (Lipinski definition) is 3. The van der Waals surface area contributed by atoms with E-state index in [1.165, 1.54) is 25.3 Å². The molecule has 0 aliphatic heterocycles. The molecule has 0 fully saturated rings. The molecule has 1 unspecified atom stereocenters. The Morgan fingerprint density at radius 3 is 2.62 bits per heavy atom. The van der Waals surface area contributed by atoms with Crippen LogP contribution >= 0.6 is 24.0 Å². The number of likely N-dealkylation sites (N-methyl/N-ethyl adjacent to an activating group) is 1. The highest BCUT2D eigenvalue weighted by atomic mass is 35.5. The molecular weight excluding hydrogens is 256 g/mol. The molecule has 16 heavy (non-hydrogen) atoms. The van der Waals surface area contributed by atoms with Crippen LogP contribution in [0.1, 0.15) is 11.6 Å². The summed E-state index contributed by atoms with van der Waals surface area (Å²) in [6.07, 6.45) is 0. The van der Waals surface area contributed by atoms with Crippen LogP contribution in [0.3, 0.4) is 0 Å². The SMILES string of the molecule is CNC(C(=O)OC)c1ccc(F)c(Cl)c1.Cl. The van der Waals surface area contributed by atoms with Crippen molar-refractivity contribution >= 4 is 30.0 Å². The second-order valence-electron chi connectivity index (χ2n) is 2.92. The van der Waals surface area contributed by atoms with Crippen molar-refractivity contribution in [2.45, 2.75) is 6.04 Å². The third kappa shape index (κ3) is 3.33. The van der Waals surface area contributed by atoms with E-state index in [2.05, 4.69) is 10.1 Å². The molecule has 1 atom stereocenters. The van der Waals surface area contributed by atoms with Crippen molar-refractivity contribution in [3.8, 4) is 0 Å². The Kier molecular flexibility index (Phi) is 6.33. The Labute approximate surface area is 104 Å². The second-order valence-corrected chi connectivity index (χ2v) is 3.33. The lowest BCUT2D eigenvalue weighted by Gasteiger charge is -2.14. The normalized spacial score (nSPS) is 11.5. The van der Waals surface area contributed by atoms with Crippen molar-refractivity contribution in [3.05, 3.63) is 34.6 Å². The monoisotopic (exact) mass is 267 g/mol. The molecule has 1 N–H and O–H groups in total. The molecule has 0 radical (unpaired) electrons. The number of nitrogens with one attached hydrogen (secondary N) is 1. The van der Waals surface area contributed by atoms with E-state index < -0.39 is 17.8 Å². The van der Waals surface area contributed by atoms with Gasteiger partial charge in [-0.05, 0) is 24.7 Å². The number of carbonyl (C=O) groups is 1. The third-order valence-electron chi connectivity index (χ3n) is 2.00. The number of benzene rings is 1. The fraction of sp³-hybridized carbons (Fsp3) is 0.300. The van der Waals surface area contributed by atoms with Crippen molar-refractivity contribution in [2.24, 2.45) is 0 Å². The molecular formula is C10H12Cl2FNO2. The van der Waals surface area contributed by atoms with Gasteiger partial charge in [0, 0.05) is 0 Å². The Hall–Kier alpha value is -0.840. The lowest BCUT2D eigenvalue weighted by atomic mass is 10.1. The van der Waals surface area contributed by atoms with Crippen LogP contribution in [0.4, 0.5) is 4.39 Å². The molecule has 90 valence electrons. The summed E-state index contributed by atoms with van der Waals surface area (Å²) in [4.78, 5) is 11.3. The third-order valence-corrected chi connectivity index (χ3v) is 2.29. The standard InChI is InChI=1S/C10H11ClFNO2.ClH/c1-13-9(10(14)15-2)6-3-4-8(12)7(11)5-6;/h3-5,9,13H,1-2H3;1H. The van der Waals surface area contributed by atoms with Crippen LogP contribution in [0.25, 0.3) is 0 Å². The summed E-state index contributed by atoms with van der Waals surface area (Å²) in [5.41, 5.74) is 0.566. The molecule has 0 spiro atoms. The van der Waals surface area contributed by atoms with Crippen LogP contribution in [-0.2, 0) is 9.53 Å². The van der Waals surface area contributed by atoms with E-state index in [-0.39, 0.29) is 17.4 Å². The molecule has 0 saturated heterocycles. The van der Waals surface area contributed by atoms with Gasteiger partial charge in [0.05, 0.1) is 12.1 Å². The number of methoxy groups -OCH3 is 1. The van der Waals surface area contributed by atoms with E-state index in [0.29, 0.717) is 5.56 Å². The Balaban J connectivity index is 0.00000225. The van der Waals surface area contributed by atoms with Gasteiger partial charge in [-0.15, -0.1) is 12.4 Å². The first kappa shape index (κ1) is 15.2. The van der Waals surface area contributed by atoms with Crippen LogP contribution in [0.5, 0.6) is 0 Å². The second kappa shape index (κ2) is 6.68. The predicted molar refractivity (Wildman–Crippen MR) is 62.5 cm³/mol. The minimum atomic E-state index is -0.631. The van der Waals surface area contributed by atoms with E-state index in [9.17, 15) is 9.18 Å². The van der Waals surface area contributed by atoms with Gasteiger partial charge in [0.2, 0.25) is 0 Å². The van der Waals surface area contributed by atoms with Crippen LogP contribution in [0, 0.1) is 5.82 Å². The first-order chi connectivity index (χ1) is 7.10. The van der Waals surface area contributed by atoms with Crippen molar-refractivity contribution in [3.63, 3.8) is 0 Å². The van der Waals surface area contributed by atoms with E-state index in [1.807, 2.05) is 0 Å². The van der Waals surface area contributed by atoms with Gasteiger partial charge in [0.15, 0.2) is 0 Å². The molecule has 0 aliphatic carbocycles. The highest BCUT2D eigenvalue weighted by molar-refractivity contribution is 6.30. The molecule has 0 bridgehead atoms. The zero-order chi connectivity index (χ0) is 11.4. The molecule has 1 aromatic carbocycles. The van der Waals surface area contributed by atoms with E-state index >= 15 is 0 Å². The zero-order valence-electron chi connectivity index (χ0n) is 8.79. The van der Waals surface area contributed by atoms with Gasteiger partial charge in [-0.25, -0.2) is 9.18 Å². The Morgan fingerprint density at radius 1 is 1.56 bits per heavy atom. The van der Waals surface area contributed by atoms with Crippen molar-refractivity contribution in [2.75, 3.05) is 14.2 Å². The summed E-state index contributed by atoms with van der Waals surface area (Å²) in [7, 11) is 2.90. The van der Waals surface area contributed by atoms with E-state index in [4.69, 9.17) is 11.6 Å². The fourth-order valence-electron chi connectivity index (χ4n) is 1.23. The van der Waals surface area contributed by atoms with Gasteiger partial charge < -0.3 is 10.1 Å². The van der Waals surface area contributed by atoms with Crippen molar-refractivity contribution < 1.29 is 13.9 Å². The van der Waals surface area contributed by atoms with Gasteiger partial charge in [-0.1, -0.05) is 17.7 Å². The summed E-state index contributed by atoms with van der Waals surface area (Å²) in [6.45, 7) is 0. The molecule has 0 aliphatic rings. The van der Waals surface area contributed by atoms with E-state index in [0.717, 1.165) is 0 Å². The summed E-state index contributed by atoms with van der Waals surface area (Å²) in [5, 5.41) is 2.74.